The van der Waals surface area contributed by atoms with E-state index in [0.29, 0.717) is 23.7 Å². The van der Waals surface area contributed by atoms with Crippen LogP contribution in [0, 0.1) is 5.92 Å². The number of methoxy groups -OCH3 is 2. The molecule has 0 bridgehead atoms. The van der Waals surface area contributed by atoms with Crippen molar-refractivity contribution < 1.29 is 24.2 Å². The maximum absolute atomic E-state index is 12.8. The van der Waals surface area contributed by atoms with Gasteiger partial charge in [-0.3, -0.25) is 9.59 Å². The molecule has 136 valence electrons. The summed E-state index contributed by atoms with van der Waals surface area (Å²) in [5.41, 5.74) is 1.21. The molecule has 2 heterocycles. The number of para-hydroxylation sites is 1. The molecule has 0 saturated carbocycles. The zero-order valence-electron chi connectivity index (χ0n) is 14.6. The second kappa shape index (κ2) is 7.43. The third-order valence-corrected chi connectivity index (χ3v) is 4.65. The Kier molecular flexibility index (Phi) is 5.06. The number of carboxylic acids is 1. The van der Waals surface area contributed by atoms with Crippen LogP contribution in [0.1, 0.15) is 21.8 Å². The molecule has 7 heteroatoms. The van der Waals surface area contributed by atoms with Gasteiger partial charge in [0.1, 0.15) is 5.75 Å². The minimum atomic E-state index is -0.927. The Morgan fingerprint density at radius 3 is 2.62 bits per heavy atom. The maximum atomic E-state index is 12.8. The maximum Gasteiger partial charge on any atom is 0.308 e. The molecule has 1 aliphatic rings. The molecule has 1 aliphatic heterocycles. The summed E-state index contributed by atoms with van der Waals surface area (Å²) in [6.45, 7) is 0.447. The lowest BCUT2D eigenvalue weighted by atomic mass is 9.88. The van der Waals surface area contributed by atoms with Crippen LogP contribution in [0.4, 0.5) is 0 Å². The molecule has 0 unspecified atom stereocenters. The van der Waals surface area contributed by atoms with Gasteiger partial charge in [0.05, 0.1) is 20.1 Å². The van der Waals surface area contributed by atoms with E-state index in [0.717, 1.165) is 5.56 Å². The van der Waals surface area contributed by atoms with Crippen molar-refractivity contribution in [3.8, 4) is 11.6 Å². The SMILES string of the molecule is COc1cc(C(=O)N2C[C@H](C(=O)O)[C@@H](c3ccccc3OC)C2)ccn1. The van der Waals surface area contributed by atoms with Gasteiger partial charge in [-0.25, -0.2) is 4.98 Å². The van der Waals surface area contributed by atoms with Gasteiger partial charge in [-0.05, 0) is 17.7 Å². The van der Waals surface area contributed by atoms with Gasteiger partial charge in [0.25, 0.3) is 5.91 Å². The fraction of sp³-hybridized carbons (Fsp3) is 0.316. The molecule has 3 rings (SSSR count). The fourth-order valence-corrected chi connectivity index (χ4v) is 3.34. The Bertz CT molecular complexity index is 823. The van der Waals surface area contributed by atoms with Crippen LogP contribution < -0.4 is 9.47 Å². The summed E-state index contributed by atoms with van der Waals surface area (Å²) in [6.07, 6.45) is 1.49. The molecule has 7 nitrogen and oxygen atoms in total. The highest BCUT2D eigenvalue weighted by Gasteiger charge is 2.41. The zero-order valence-corrected chi connectivity index (χ0v) is 14.6. The molecular formula is C19H20N2O5. The predicted octanol–water partition coefficient (Wildman–Crippen LogP) is 2.04. The van der Waals surface area contributed by atoms with Gasteiger partial charge in [0.15, 0.2) is 0 Å². The smallest absolute Gasteiger partial charge is 0.308 e. The van der Waals surface area contributed by atoms with E-state index >= 15 is 0 Å². The molecular weight excluding hydrogens is 336 g/mol. The highest BCUT2D eigenvalue weighted by Crippen LogP contribution is 2.38. The number of aliphatic carboxylic acids is 1. The molecule has 0 spiro atoms. The standard InChI is InChI=1S/C19H20N2O5/c1-25-16-6-4-3-5-13(16)14-10-21(11-15(14)19(23)24)18(22)12-7-8-20-17(9-12)26-2/h3-9,14-15H,10-11H2,1-2H3,(H,23,24)/t14-,15+/m1/s1. The number of pyridine rings is 1. The van der Waals surface area contributed by atoms with Gasteiger partial charge in [0.2, 0.25) is 5.88 Å². The summed E-state index contributed by atoms with van der Waals surface area (Å²) < 4.78 is 10.4. The highest BCUT2D eigenvalue weighted by molar-refractivity contribution is 5.95. The number of amides is 1. The van der Waals surface area contributed by atoms with E-state index in [2.05, 4.69) is 4.98 Å². The van der Waals surface area contributed by atoms with Crippen LogP contribution in [0.15, 0.2) is 42.6 Å². The number of likely N-dealkylation sites (tertiary alicyclic amines) is 1. The van der Waals surface area contributed by atoms with E-state index in [1.54, 1.807) is 30.2 Å². The quantitative estimate of drug-likeness (QED) is 0.882. The number of rotatable bonds is 5. The van der Waals surface area contributed by atoms with Gasteiger partial charge < -0.3 is 19.5 Å². The first kappa shape index (κ1) is 17.7. The van der Waals surface area contributed by atoms with Gasteiger partial charge in [-0.2, -0.15) is 0 Å². The fourth-order valence-electron chi connectivity index (χ4n) is 3.34. The number of benzene rings is 1. The minimum Gasteiger partial charge on any atom is -0.496 e. The summed E-state index contributed by atoms with van der Waals surface area (Å²) in [5, 5.41) is 9.65. The highest BCUT2D eigenvalue weighted by atomic mass is 16.5. The van der Waals surface area contributed by atoms with E-state index in [9.17, 15) is 14.7 Å². The van der Waals surface area contributed by atoms with E-state index < -0.39 is 11.9 Å². The van der Waals surface area contributed by atoms with Crippen molar-refractivity contribution in [1.82, 2.24) is 9.88 Å². The van der Waals surface area contributed by atoms with Gasteiger partial charge >= 0.3 is 5.97 Å². The third-order valence-electron chi connectivity index (χ3n) is 4.65. The minimum absolute atomic E-state index is 0.140. The third kappa shape index (κ3) is 3.33. The summed E-state index contributed by atoms with van der Waals surface area (Å²) >= 11 is 0. The predicted molar refractivity (Wildman–Crippen MR) is 93.6 cm³/mol. The molecule has 26 heavy (non-hydrogen) atoms. The van der Waals surface area contributed by atoms with E-state index in [1.165, 1.54) is 13.3 Å². The molecule has 0 radical (unpaired) electrons. The van der Waals surface area contributed by atoms with Crippen LogP contribution >= 0.6 is 0 Å². The van der Waals surface area contributed by atoms with Crippen LogP contribution in [-0.4, -0.2) is 54.2 Å². The first-order chi connectivity index (χ1) is 12.5. The second-order valence-corrected chi connectivity index (χ2v) is 6.09. The molecule has 2 aromatic rings. The van der Waals surface area contributed by atoms with Crippen molar-refractivity contribution in [2.75, 3.05) is 27.3 Å². The number of nitrogens with zero attached hydrogens (tertiary/aromatic N) is 2. The van der Waals surface area contributed by atoms with Crippen molar-refractivity contribution in [2.24, 2.45) is 5.92 Å². The normalized spacial score (nSPS) is 19.2. The van der Waals surface area contributed by atoms with E-state index in [1.807, 2.05) is 18.2 Å². The first-order valence-electron chi connectivity index (χ1n) is 8.20. The Hall–Kier alpha value is -3.09. The lowest BCUT2D eigenvalue weighted by Crippen LogP contribution is -2.29. The topological polar surface area (TPSA) is 89.0 Å². The molecule has 1 N–H and O–H groups in total. The number of aromatic nitrogens is 1. The van der Waals surface area contributed by atoms with Crippen LogP contribution in [0.25, 0.3) is 0 Å². The zero-order chi connectivity index (χ0) is 18.7. The monoisotopic (exact) mass is 356 g/mol. The number of hydrogen-bond acceptors (Lipinski definition) is 5. The van der Waals surface area contributed by atoms with Gasteiger partial charge in [-0.1, -0.05) is 18.2 Å². The Balaban J connectivity index is 1.89. The molecule has 1 fully saturated rings. The van der Waals surface area contributed by atoms with Gasteiger partial charge in [0, 0.05) is 36.8 Å². The summed E-state index contributed by atoms with van der Waals surface area (Å²) in [4.78, 5) is 30.2. The lowest BCUT2D eigenvalue weighted by molar-refractivity contribution is -0.141. The molecule has 0 aliphatic carbocycles. The molecule has 2 atom stereocenters. The first-order valence-corrected chi connectivity index (χ1v) is 8.20. The van der Waals surface area contributed by atoms with Crippen molar-refractivity contribution in [1.29, 1.82) is 0 Å². The van der Waals surface area contributed by atoms with Crippen molar-refractivity contribution in [2.45, 2.75) is 5.92 Å². The van der Waals surface area contributed by atoms with Crippen LogP contribution in [0.5, 0.6) is 11.6 Å². The van der Waals surface area contributed by atoms with Crippen molar-refractivity contribution >= 4 is 11.9 Å². The Labute approximate surface area is 151 Å². The Morgan fingerprint density at radius 2 is 1.92 bits per heavy atom. The second-order valence-electron chi connectivity index (χ2n) is 6.09. The van der Waals surface area contributed by atoms with Crippen molar-refractivity contribution in [3.63, 3.8) is 0 Å². The summed E-state index contributed by atoms with van der Waals surface area (Å²) in [7, 11) is 3.03. The largest absolute Gasteiger partial charge is 0.496 e. The van der Waals surface area contributed by atoms with Crippen LogP contribution in [0.2, 0.25) is 0 Å². The number of carboxylic acid groups (broad SMARTS) is 1. The number of hydrogen-bond donors (Lipinski definition) is 1. The van der Waals surface area contributed by atoms with Crippen molar-refractivity contribution in [3.05, 3.63) is 53.7 Å². The average molecular weight is 356 g/mol. The number of ether oxygens (including phenoxy) is 2. The molecule has 1 aromatic heterocycles. The van der Waals surface area contributed by atoms with E-state index in [-0.39, 0.29) is 18.4 Å². The number of carbonyl (C=O) groups is 2. The molecule has 1 saturated heterocycles. The Morgan fingerprint density at radius 1 is 1.15 bits per heavy atom. The van der Waals surface area contributed by atoms with Gasteiger partial charge in [-0.15, -0.1) is 0 Å². The van der Waals surface area contributed by atoms with E-state index in [4.69, 9.17) is 9.47 Å². The molecule has 1 amide bonds. The number of carbonyl (C=O) groups excluding carboxylic acids is 1. The average Bonchev–Trinajstić information content (AvgIpc) is 3.13. The van der Waals surface area contributed by atoms with Crippen LogP contribution in [-0.2, 0) is 4.79 Å². The lowest BCUT2D eigenvalue weighted by Gasteiger charge is -2.18. The van der Waals surface area contributed by atoms with Crippen LogP contribution in [0.3, 0.4) is 0 Å². The summed E-state index contributed by atoms with van der Waals surface area (Å²) in [5.74, 6) is -1.23. The molecule has 1 aromatic carbocycles. The summed E-state index contributed by atoms with van der Waals surface area (Å²) in [6, 6.07) is 10.5.